The van der Waals surface area contributed by atoms with E-state index in [4.69, 9.17) is 0 Å². The first-order valence-electron chi connectivity index (χ1n) is 6.67. The van der Waals surface area contributed by atoms with E-state index >= 15 is 0 Å². The molecule has 0 amide bonds. The molecule has 0 aromatic rings. The largest absolute Gasteiger partial charge is 0.214 e. The molecule has 2 aliphatic carbocycles. The number of sulfonamides is 1. The highest BCUT2D eigenvalue weighted by Crippen LogP contribution is 2.55. The minimum absolute atomic E-state index is 0.0916. The van der Waals surface area contributed by atoms with Gasteiger partial charge in [0.05, 0.1) is 5.25 Å². The van der Waals surface area contributed by atoms with Crippen LogP contribution in [0.15, 0.2) is 0 Å². The van der Waals surface area contributed by atoms with Crippen molar-refractivity contribution < 1.29 is 8.42 Å². The van der Waals surface area contributed by atoms with Crippen LogP contribution in [0, 0.1) is 16.7 Å². The van der Waals surface area contributed by atoms with Crippen molar-refractivity contribution in [3.63, 3.8) is 0 Å². The quantitative estimate of drug-likeness (QED) is 0.843. The van der Waals surface area contributed by atoms with E-state index in [0.717, 1.165) is 19.3 Å². The van der Waals surface area contributed by atoms with Gasteiger partial charge in [0, 0.05) is 6.54 Å². The summed E-state index contributed by atoms with van der Waals surface area (Å²) in [5.41, 5.74) is 0.299. The van der Waals surface area contributed by atoms with Crippen molar-refractivity contribution in [3.8, 4) is 0 Å². The van der Waals surface area contributed by atoms with Gasteiger partial charge in [-0.3, -0.25) is 0 Å². The second-order valence-corrected chi connectivity index (χ2v) is 8.83. The molecule has 2 atom stereocenters. The van der Waals surface area contributed by atoms with Gasteiger partial charge in [-0.1, -0.05) is 27.7 Å². The van der Waals surface area contributed by atoms with Crippen LogP contribution in [0.1, 0.15) is 53.4 Å². The molecule has 2 aliphatic rings. The first-order chi connectivity index (χ1) is 7.69. The van der Waals surface area contributed by atoms with Gasteiger partial charge < -0.3 is 0 Å². The summed E-state index contributed by atoms with van der Waals surface area (Å²) in [6.07, 6.45) is 4.00. The predicted octanol–water partition coefficient (Wildman–Crippen LogP) is 2.53. The van der Waals surface area contributed by atoms with Gasteiger partial charge in [0.1, 0.15) is 0 Å². The van der Waals surface area contributed by atoms with Crippen LogP contribution in [-0.2, 0) is 10.0 Å². The van der Waals surface area contributed by atoms with Crippen molar-refractivity contribution in [1.29, 1.82) is 0 Å². The molecule has 3 nitrogen and oxygen atoms in total. The standard InChI is InChI=1S/C13H25NO2S/c1-10-7-8-13(4,12(10,2)3)9-14-17(15,16)11-5-6-11/h10-11,14H,5-9H2,1-4H3/t10-,13-/m0/s1. The molecule has 17 heavy (non-hydrogen) atoms. The lowest BCUT2D eigenvalue weighted by atomic mass is 9.66. The van der Waals surface area contributed by atoms with Crippen LogP contribution >= 0.6 is 0 Å². The van der Waals surface area contributed by atoms with Gasteiger partial charge in [-0.15, -0.1) is 0 Å². The van der Waals surface area contributed by atoms with Gasteiger partial charge in [0.25, 0.3) is 0 Å². The minimum Gasteiger partial charge on any atom is -0.214 e. The monoisotopic (exact) mass is 259 g/mol. The normalized spacial score (nSPS) is 37.3. The maximum atomic E-state index is 11.9. The van der Waals surface area contributed by atoms with Gasteiger partial charge >= 0.3 is 0 Å². The van der Waals surface area contributed by atoms with E-state index < -0.39 is 10.0 Å². The molecule has 0 radical (unpaired) electrons. The van der Waals surface area contributed by atoms with Gasteiger partial charge in [-0.2, -0.15) is 0 Å². The van der Waals surface area contributed by atoms with Gasteiger partial charge in [-0.05, 0) is 42.4 Å². The van der Waals surface area contributed by atoms with Crippen molar-refractivity contribution in [1.82, 2.24) is 4.72 Å². The fourth-order valence-electron chi connectivity index (χ4n) is 2.89. The van der Waals surface area contributed by atoms with Crippen molar-refractivity contribution in [2.75, 3.05) is 6.54 Å². The van der Waals surface area contributed by atoms with Crippen LogP contribution in [-0.4, -0.2) is 20.2 Å². The molecule has 0 aromatic carbocycles. The third kappa shape index (κ3) is 2.26. The van der Waals surface area contributed by atoms with E-state index in [1.165, 1.54) is 6.42 Å². The van der Waals surface area contributed by atoms with Crippen LogP contribution < -0.4 is 4.72 Å². The maximum Gasteiger partial charge on any atom is 0.214 e. The minimum atomic E-state index is -3.03. The smallest absolute Gasteiger partial charge is 0.214 e. The molecule has 0 unspecified atom stereocenters. The molecular formula is C13H25NO2S. The molecule has 2 rings (SSSR count). The van der Waals surface area contributed by atoms with Crippen LogP contribution in [0.2, 0.25) is 0 Å². The average Bonchev–Trinajstić information content (AvgIpc) is 3.03. The van der Waals surface area contributed by atoms with Gasteiger partial charge in [0.15, 0.2) is 0 Å². The molecule has 0 heterocycles. The lowest BCUT2D eigenvalue weighted by Gasteiger charge is -2.41. The zero-order valence-corrected chi connectivity index (χ0v) is 12.2. The summed E-state index contributed by atoms with van der Waals surface area (Å²) in [6.45, 7) is 9.65. The molecule has 100 valence electrons. The molecule has 0 bridgehead atoms. The number of rotatable bonds is 4. The fourth-order valence-corrected chi connectivity index (χ4v) is 4.40. The third-order valence-corrected chi connectivity index (χ3v) is 7.44. The Morgan fingerprint density at radius 1 is 1.18 bits per heavy atom. The predicted molar refractivity (Wildman–Crippen MR) is 70.2 cm³/mol. The van der Waals surface area contributed by atoms with Crippen LogP contribution in [0.3, 0.4) is 0 Å². The molecule has 2 fully saturated rings. The van der Waals surface area contributed by atoms with Crippen molar-refractivity contribution >= 4 is 10.0 Å². The summed E-state index contributed by atoms with van der Waals surface area (Å²) in [5, 5.41) is -0.104. The van der Waals surface area contributed by atoms with E-state index in [-0.39, 0.29) is 16.1 Å². The van der Waals surface area contributed by atoms with Gasteiger partial charge in [-0.25, -0.2) is 13.1 Å². The Morgan fingerprint density at radius 3 is 2.18 bits per heavy atom. The summed E-state index contributed by atoms with van der Waals surface area (Å²) in [5.74, 6) is 0.665. The Morgan fingerprint density at radius 2 is 1.76 bits per heavy atom. The lowest BCUT2D eigenvalue weighted by Crippen LogP contribution is -2.44. The van der Waals surface area contributed by atoms with Crippen LogP contribution in [0.25, 0.3) is 0 Å². The maximum absolute atomic E-state index is 11.9. The average molecular weight is 259 g/mol. The summed E-state index contributed by atoms with van der Waals surface area (Å²) in [6, 6.07) is 0. The molecule has 0 aromatic heterocycles. The Hall–Kier alpha value is -0.0900. The summed E-state index contributed by atoms with van der Waals surface area (Å²) < 4.78 is 26.6. The number of hydrogen-bond acceptors (Lipinski definition) is 2. The second kappa shape index (κ2) is 3.95. The molecule has 0 spiro atoms. The van der Waals surface area contributed by atoms with Crippen molar-refractivity contribution in [2.45, 2.75) is 58.6 Å². The lowest BCUT2D eigenvalue weighted by molar-refractivity contribution is 0.100. The highest BCUT2D eigenvalue weighted by Gasteiger charge is 2.50. The SMILES string of the molecule is C[C@H]1CC[C@@](C)(CNS(=O)(=O)C2CC2)C1(C)C. The van der Waals surface area contributed by atoms with E-state index in [9.17, 15) is 8.42 Å². The number of hydrogen-bond donors (Lipinski definition) is 1. The Kier molecular flexibility index (Phi) is 3.10. The molecule has 1 N–H and O–H groups in total. The highest BCUT2D eigenvalue weighted by atomic mass is 32.2. The van der Waals surface area contributed by atoms with Crippen molar-refractivity contribution in [3.05, 3.63) is 0 Å². The van der Waals surface area contributed by atoms with E-state index in [0.29, 0.717) is 12.5 Å². The van der Waals surface area contributed by atoms with Gasteiger partial charge in [0.2, 0.25) is 10.0 Å². The molecule has 0 saturated heterocycles. The zero-order chi connectivity index (χ0) is 12.9. The summed E-state index contributed by atoms with van der Waals surface area (Å²) in [7, 11) is -3.03. The first kappa shape index (κ1) is 13.3. The molecular weight excluding hydrogens is 234 g/mol. The zero-order valence-electron chi connectivity index (χ0n) is 11.4. The third-order valence-electron chi connectivity index (χ3n) is 5.54. The van der Waals surface area contributed by atoms with Crippen LogP contribution in [0.4, 0.5) is 0 Å². The van der Waals surface area contributed by atoms with E-state index in [2.05, 4.69) is 32.4 Å². The fraction of sp³-hybridized carbons (Fsp3) is 1.00. The topological polar surface area (TPSA) is 46.2 Å². The molecule has 0 aliphatic heterocycles. The second-order valence-electron chi connectivity index (χ2n) is 6.79. The summed E-state index contributed by atoms with van der Waals surface area (Å²) in [4.78, 5) is 0. The molecule has 2 saturated carbocycles. The van der Waals surface area contributed by atoms with Crippen LogP contribution in [0.5, 0.6) is 0 Å². The van der Waals surface area contributed by atoms with E-state index in [1.54, 1.807) is 0 Å². The molecule has 4 heteroatoms. The first-order valence-corrected chi connectivity index (χ1v) is 8.22. The van der Waals surface area contributed by atoms with E-state index in [1.807, 2.05) is 0 Å². The Bertz CT molecular complexity index is 398. The Labute approximate surface area is 105 Å². The highest BCUT2D eigenvalue weighted by molar-refractivity contribution is 7.90. The van der Waals surface area contributed by atoms with Crippen molar-refractivity contribution in [2.24, 2.45) is 16.7 Å². The number of nitrogens with one attached hydrogen (secondary N) is 1. The summed E-state index contributed by atoms with van der Waals surface area (Å²) >= 11 is 0. The Balaban J connectivity index is 2.03.